The summed E-state index contributed by atoms with van der Waals surface area (Å²) in [6.07, 6.45) is -0.184. The zero-order chi connectivity index (χ0) is 14.1. The van der Waals surface area contributed by atoms with E-state index in [-0.39, 0.29) is 18.3 Å². The first kappa shape index (κ1) is 18.2. The molecule has 0 amide bonds. The molecular formula is C11H22O6. The average Bonchev–Trinajstić information content (AvgIpc) is 2.11. The second-order valence-electron chi connectivity index (χ2n) is 4.73. The Labute approximate surface area is 101 Å². The molecule has 6 nitrogen and oxygen atoms in total. The molecule has 0 atom stereocenters. The number of hydrogen-bond donors (Lipinski definition) is 4. The molecule has 0 radical (unpaired) electrons. The van der Waals surface area contributed by atoms with Gasteiger partial charge >= 0.3 is 11.9 Å². The molecule has 0 heterocycles. The minimum atomic E-state index is -1.20. The van der Waals surface area contributed by atoms with E-state index < -0.39 is 18.2 Å². The van der Waals surface area contributed by atoms with Crippen molar-refractivity contribution in [1.82, 2.24) is 0 Å². The molecule has 0 aromatic carbocycles. The Morgan fingerprint density at radius 2 is 1.18 bits per heavy atom. The fourth-order valence-electron chi connectivity index (χ4n) is 0.552. The molecule has 0 aromatic heterocycles. The SMILES string of the molecule is CC(C)(C)C(O)O.O=C(O)CCCCC(=O)O. The second kappa shape index (κ2) is 8.95. The van der Waals surface area contributed by atoms with E-state index >= 15 is 0 Å². The highest BCUT2D eigenvalue weighted by molar-refractivity contribution is 5.67. The van der Waals surface area contributed by atoms with Crippen LogP contribution in [0.4, 0.5) is 0 Å². The van der Waals surface area contributed by atoms with Gasteiger partial charge in [0.05, 0.1) is 0 Å². The van der Waals surface area contributed by atoms with Crippen molar-refractivity contribution in [1.29, 1.82) is 0 Å². The number of aliphatic hydroxyl groups is 2. The molecule has 17 heavy (non-hydrogen) atoms. The quantitative estimate of drug-likeness (QED) is 0.428. The lowest BCUT2D eigenvalue weighted by atomic mass is 9.96. The molecule has 4 N–H and O–H groups in total. The number of carboxylic acids is 2. The van der Waals surface area contributed by atoms with E-state index in [1.807, 2.05) is 0 Å². The molecule has 0 fully saturated rings. The van der Waals surface area contributed by atoms with Crippen LogP contribution in [0.25, 0.3) is 0 Å². The molecule has 0 saturated carbocycles. The maximum absolute atomic E-state index is 9.90. The van der Waals surface area contributed by atoms with Crippen molar-refractivity contribution in [2.24, 2.45) is 5.41 Å². The van der Waals surface area contributed by atoms with Gasteiger partial charge in [-0.25, -0.2) is 0 Å². The highest BCUT2D eigenvalue weighted by Gasteiger charge is 2.18. The lowest BCUT2D eigenvalue weighted by Crippen LogP contribution is -2.24. The van der Waals surface area contributed by atoms with E-state index in [0.29, 0.717) is 12.8 Å². The maximum atomic E-state index is 9.90. The molecule has 0 bridgehead atoms. The van der Waals surface area contributed by atoms with E-state index in [1.54, 1.807) is 20.8 Å². The van der Waals surface area contributed by atoms with Gasteiger partial charge in [0.25, 0.3) is 0 Å². The molecule has 0 unspecified atom stereocenters. The van der Waals surface area contributed by atoms with Crippen LogP contribution in [0.2, 0.25) is 0 Å². The van der Waals surface area contributed by atoms with E-state index in [4.69, 9.17) is 20.4 Å². The maximum Gasteiger partial charge on any atom is 0.303 e. The monoisotopic (exact) mass is 250 g/mol. The van der Waals surface area contributed by atoms with E-state index in [0.717, 1.165) is 0 Å². The van der Waals surface area contributed by atoms with Gasteiger partial charge in [-0.2, -0.15) is 0 Å². The molecule has 0 aromatic rings. The standard InChI is InChI=1S/C6H10O4.C5H12O2/c7-5(8)3-1-2-4-6(9)10;1-5(2,3)4(6)7/h1-4H2,(H,7,8)(H,9,10);4,6-7H,1-3H3. The van der Waals surface area contributed by atoms with Gasteiger partial charge in [0.15, 0.2) is 6.29 Å². The highest BCUT2D eigenvalue weighted by Crippen LogP contribution is 2.15. The zero-order valence-electron chi connectivity index (χ0n) is 10.5. The van der Waals surface area contributed by atoms with E-state index in [2.05, 4.69) is 0 Å². The Hall–Kier alpha value is -1.14. The van der Waals surface area contributed by atoms with Crippen LogP contribution in [0.5, 0.6) is 0 Å². The van der Waals surface area contributed by atoms with Gasteiger partial charge in [0.2, 0.25) is 0 Å². The Bertz CT molecular complexity index is 213. The van der Waals surface area contributed by atoms with Crippen LogP contribution in [-0.2, 0) is 9.59 Å². The first-order valence-corrected chi connectivity index (χ1v) is 5.37. The minimum Gasteiger partial charge on any atom is -0.481 e. The summed E-state index contributed by atoms with van der Waals surface area (Å²) in [5.41, 5.74) is -0.389. The van der Waals surface area contributed by atoms with Gasteiger partial charge in [-0.3, -0.25) is 9.59 Å². The molecule has 0 rings (SSSR count). The Morgan fingerprint density at radius 1 is 0.941 bits per heavy atom. The summed E-state index contributed by atoms with van der Waals surface area (Å²) < 4.78 is 0. The molecular weight excluding hydrogens is 228 g/mol. The van der Waals surface area contributed by atoms with Gasteiger partial charge < -0.3 is 20.4 Å². The predicted octanol–water partition coefficient (Wildman–Crippen LogP) is 1.06. The van der Waals surface area contributed by atoms with Crippen molar-refractivity contribution in [3.63, 3.8) is 0 Å². The van der Waals surface area contributed by atoms with Gasteiger partial charge in [-0.1, -0.05) is 20.8 Å². The smallest absolute Gasteiger partial charge is 0.303 e. The van der Waals surface area contributed by atoms with Crippen molar-refractivity contribution in [3.05, 3.63) is 0 Å². The fraction of sp³-hybridized carbons (Fsp3) is 0.818. The normalized spacial score (nSPS) is 10.7. The summed E-state index contributed by atoms with van der Waals surface area (Å²) in [7, 11) is 0. The molecule has 0 spiro atoms. The average molecular weight is 250 g/mol. The number of rotatable bonds is 5. The first-order valence-electron chi connectivity index (χ1n) is 5.37. The zero-order valence-corrected chi connectivity index (χ0v) is 10.5. The number of hydrogen-bond acceptors (Lipinski definition) is 4. The van der Waals surface area contributed by atoms with Crippen LogP contribution in [0.15, 0.2) is 0 Å². The Kier molecular flexibility index (Phi) is 9.60. The fourth-order valence-corrected chi connectivity index (χ4v) is 0.552. The van der Waals surface area contributed by atoms with Crippen LogP contribution < -0.4 is 0 Å². The Balaban J connectivity index is 0. The molecule has 0 saturated heterocycles. The van der Waals surface area contributed by atoms with Crippen molar-refractivity contribution in [2.45, 2.75) is 52.7 Å². The number of carboxylic acid groups (broad SMARTS) is 2. The second-order valence-corrected chi connectivity index (χ2v) is 4.73. The van der Waals surface area contributed by atoms with Crippen LogP contribution in [0, 0.1) is 5.41 Å². The summed E-state index contributed by atoms with van der Waals surface area (Å²) in [6.45, 7) is 5.28. The first-order chi connectivity index (χ1) is 7.57. The third kappa shape index (κ3) is 17.5. The molecule has 6 heteroatoms. The summed E-state index contributed by atoms with van der Waals surface area (Å²) in [4.78, 5) is 19.8. The molecule has 0 aliphatic rings. The van der Waals surface area contributed by atoms with Crippen LogP contribution in [-0.4, -0.2) is 38.7 Å². The molecule has 102 valence electrons. The number of aliphatic hydroxyl groups excluding tert-OH is 1. The molecule has 0 aliphatic heterocycles. The van der Waals surface area contributed by atoms with Crippen LogP contribution in [0.3, 0.4) is 0 Å². The third-order valence-corrected chi connectivity index (χ3v) is 1.81. The van der Waals surface area contributed by atoms with Gasteiger partial charge in [0.1, 0.15) is 0 Å². The predicted molar refractivity (Wildman–Crippen MR) is 61.4 cm³/mol. The van der Waals surface area contributed by atoms with Crippen molar-refractivity contribution >= 4 is 11.9 Å². The minimum absolute atomic E-state index is 0.0628. The topological polar surface area (TPSA) is 115 Å². The Morgan fingerprint density at radius 3 is 1.29 bits per heavy atom. The molecule has 0 aliphatic carbocycles. The summed E-state index contributed by atoms with van der Waals surface area (Å²) in [5.74, 6) is -1.74. The van der Waals surface area contributed by atoms with Crippen LogP contribution in [0.1, 0.15) is 46.5 Å². The van der Waals surface area contributed by atoms with E-state index in [9.17, 15) is 9.59 Å². The number of unbranched alkanes of at least 4 members (excludes halogenated alkanes) is 1. The largest absolute Gasteiger partial charge is 0.481 e. The van der Waals surface area contributed by atoms with Gasteiger partial charge in [-0.15, -0.1) is 0 Å². The number of aliphatic carboxylic acids is 2. The number of carbonyl (C=O) groups is 2. The van der Waals surface area contributed by atoms with Gasteiger partial charge in [0, 0.05) is 18.3 Å². The highest BCUT2D eigenvalue weighted by atomic mass is 16.5. The van der Waals surface area contributed by atoms with Crippen molar-refractivity contribution in [3.8, 4) is 0 Å². The summed E-state index contributed by atoms with van der Waals surface area (Å²) in [5, 5.41) is 33.2. The van der Waals surface area contributed by atoms with Crippen molar-refractivity contribution in [2.75, 3.05) is 0 Å². The van der Waals surface area contributed by atoms with Gasteiger partial charge in [-0.05, 0) is 12.8 Å². The van der Waals surface area contributed by atoms with Crippen LogP contribution >= 0.6 is 0 Å². The summed E-state index contributed by atoms with van der Waals surface area (Å²) in [6, 6.07) is 0. The lowest BCUT2D eigenvalue weighted by molar-refractivity contribution is -0.139. The third-order valence-electron chi connectivity index (χ3n) is 1.81. The summed E-state index contributed by atoms with van der Waals surface area (Å²) >= 11 is 0. The van der Waals surface area contributed by atoms with E-state index in [1.165, 1.54) is 0 Å². The van der Waals surface area contributed by atoms with Crippen molar-refractivity contribution < 1.29 is 30.0 Å². The lowest BCUT2D eigenvalue weighted by Gasteiger charge is -2.19.